The number of hydrogen-bond acceptors (Lipinski definition) is 4. The Balaban J connectivity index is -0.00000180. The molecular formula is C14H28Cl2N6. The van der Waals surface area contributed by atoms with Crippen molar-refractivity contribution >= 4 is 36.5 Å². The second-order valence-electron chi connectivity index (χ2n) is 5.41. The lowest BCUT2D eigenvalue weighted by molar-refractivity contribution is 0.544. The number of amidine groups is 2. The Morgan fingerprint density at radius 3 is 1.36 bits per heavy atom. The molecule has 0 fully saturated rings. The van der Waals surface area contributed by atoms with E-state index in [9.17, 15) is 0 Å². The number of hydrogen-bond donors (Lipinski definition) is 4. The van der Waals surface area contributed by atoms with E-state index in [4.69, 9.17) is 10.8 Å². The van der Waals surface area contributed by atoms with Crippen molar-refractivity contribution in [2.45, 2.75) is 38.8 Å². The highest BCUT2D eigenvalue weighted by molar-refractivity contribution is 5.89. The maximum Gasteiger partial charge on any atom is 0.132 e. The van der Waals surface area contributed by atoms with Gasteiger partial charge in [0, 0.05) is 13.1 Å². The molecule has 0 aliphatic rings. The average Bonchev–Trinajstić information content (AvgIpc) is 2.39. The standard InChI is InChI=1S/C14H26N6.2ClH/c1-7-9-17-11(15)13(3,4)19-20-14(5,6)12(16)18-10-8-2;;/h7-8H,1-2,9-10H2,3-6H3,(H2,15,17)(H2,16,18);2*1H. The molecule has 0 radical (unpaired) electrons. The van der Waals surface area contributed by atoms with Crippen LogP contribution >= 0.6 is 24.8 Å². The van der Waals surface area contributed by atoms with E-state index in [1.807, 2.05) is 0 Å². The molecule has 0 bridgehead atoms. The summed E-state index contributed by atoms with van der Waals surface area (Å²) in [5, 5.41) is 30.1. The van der Waals surface area contributed by atoms with Gasteiger partial charge in [0.05, 0.1) is 0 Å². The van der Waals surface area contributed by atoms with Crippen LogP contribution in [0.3, 0.4) is 0 Å². The van der Waals surface area contributed by atoms with Crippen LogP contribution in [-0.2, 0) is 0 Å². The quantitative estimate of drug-likeness (QED) is 0.233. The van der Waals surface area contributed by atoms with E-state index in [0.29, 0.717) is 13.1 Å². The van der Waals surface area contributed by atoms with Crippen LogP contribution in [0.15, 0.2) is 35.5 Å². The van der Waals surface area contributed by atoms with Crippen molar-refractivity contribution in [3.05, 3.63) is 25.3 Å². The van der Waals surface area contributed by atoms with Crippen molar-refractivity contribution in [3.63, 3.8) is 0 Å². The van der Waals surface area contributed by atoms with Gasteiger partial charge in [0.1, 0.15) is 22.7 Å². The Morgan fingerprint density at radius 1 is 0.864 bits per heavy atom. The minimum Gasteiger partial charge on any atom is -0.368 e. The maximum absolute atomic E-state index is 7.93. The zero-order valence-corrected chi connectivity index (χ0v) is 15.3. The summed E-state index contributed by atoms with van der Waals surface area (Å²) in [6.07, 6.45) is 3.36. The largest absolute Gasteiger partial charge is 0.368 e. The summed E-state index contributed by atoms with van der Waals surface area (Å²) in [6, 6.07) is 0. The third kappa shape index (κ3) is 8.79. The smallest absolute Gasteiger partial charge is 0.132 e. The Hall–Kier alpha value is -1.40. The van der Waals surface area contributed by atoms with E-state index in [1.165, 1.54) is 0 Å². The van der Waals surface area contributed by atoms with Crippen LogP contribution in [0.4, 0.5) is 0 Å². The van der Waals surface area contributed by atoms with E-state index >= 15 is 0 Å². The van der Waals surface area contributed by atoms with Crippen LogP contribution in [0.2, 0.25) is 0 Å². The molecular weight excluding hydrogens is 323 g/mol. The molecule has 0 aromatic rings. The first kappa shape index (κ1) is 25.5. The molecule has 0 saturated carbocycles. The third-order valence-corrected chi connectivity index (χ3v) is 2.62. The molecule has 0 saturated heterocycles. The van der Waals surface area contributed by atoms with Crippen LogP contribution < -0.4 is 10.6 Å². The molecule has 0 unspecified atom stereocenters. The molecule has 0 amide bonds. The summed E-state index contributed by atoms with van der Waals surface area (Å²) in [7, 11) is 0. The lowest BCUT2D eigenvalue weighted by Gasteiger charge is -2.24. The van der Waals surface area contributed by atoms with Gasteiger partial charge < -0.3 is 10.6 Å². The Kier molecular flexibility index (Phi) is 13.0. The first-order valence-corrected chi connectivity index (χ1v) is 6.49. The van der Waals surface area contributed by atoms with Gasteiger partial charge in [-0.2, -0.15) is 10.2 Å². The van der Waals surface area contributed by atoms with E-state index < -0.39 is 11.1 Å². The van der Waals surface area contributed by atoms with Crippen LogP contribution in [0.25, 0.3) is 0 Å². The van der Waals surface area contributed by atoms with Crippen molar-refractivity contribution < 1.29 is 0 Å². The van der Waals surface area contributed by atoms with E-state index in [0.717, 1.165) is 0 Å². The van der Waals surface area contributed by atoms with Crippen LogP contribution in [0.5, 0.6) is 0 Å². The summed E-state index contributed by atoms with van der Waals surface area (Å²) in [4.78, 5) is 0. The first-order chi connectivity index (χ1) is 9.17. The first-order valence-electron chi connectivity index (χ1n) is 6.49. The molecule has 4 N–H and O–H groups in total. The van der Waals surface area contributed by atoms with Gasteiger partial charge in [-0.3, -0.25) is 10.8 Å². The number of azo groups is 1. The van der Waals surface area contributed by atoms with Gasteiger partial charge in [-0.1, -0.05) is 12.2 Å². The fourth-order valence-corrected chi connectivity index (χ4v) is 1.13. The van der Waals surface area contributed by atoms with Gasteiger partial charge in [-0.15, -0.1) is 38.0 Å². The average molecular weight is 351 g/mol. The monoisotopic (exact) mass is 350 g/mol. The SMILES string of the molecule is C=CCNC(=N)C(C)(C)N=NC(C)(C)C(=N)NCC=C.Cl.Cl. The minimum atomic E-state index is -0.765. The number of halogens is 2. The summed E-state index contributed by atoms with van der Waals surface area (Å²) in [6.45, 7) is 15.4. The molecule has 0 heterocycles. The van der Waals surface area contributed by atoms with Gasteiger partial charge >= 0.3 is 0 Å². The molecule has 0 aromatic heterocycles. The summed E-state index contributed by atoms with van der Waals surface area (Å²) in [5.74, 6) is 0.532. The highest BCUT2D eigenvalue weighted by Crippen LogP contribution is 2.16. The van der Waals surface area contributed by atoms with Crippen molar-refractivity contribution in [3.8, 4) is 0 Å². The van der Waals surface area contributed by atoms with Crippen molar-refractivity contribution in [1.82, 2.24) is 10.6 Å². The number of rotatable bonds is 8. The number of nitrogens with zero attached hydrogens (tertiary/aromatic N) is 2. The molecule has 22 heavy (non-hydrogen) atoms. The fraction of sp³-hybridized carbons (Fsp3) is 0.571. The molecule has 0 aliphatic heterocycles. The van der Waals surface area contributed by atoms with Gasteiger partial charge in [-0.05, 0) is 27.7 Å². The molecule has 0 spiro atoms. The molecule has 8 heteroatoms. The minimum absolute atomic E-state index is 0. The van der Waals surface area contributed by atoms with Crippen LogP contribution in [0, 0.1) is 10.8 Å². The Labute approximate surface area is 145 Å². The maximum atomic E-state index is 7.93. The molecule has 128 valence electrons. The molecule has 0 aliphatic carbocycles. The fourth-order valence-electron chi connectivity index (χ4n) is 1.13. The predicted octanol–water partition coefficient (Wildman–Crippen LogP) is 3.35. The van der Waals surface area contributed by atoms with Gasteiger partial charge in [-0.25, -0.2) is 0 Å². The molecule has 0 aromatic carbocycles. The Morgan fingerprint density at radius 2 is 1.14 bits per heavy atom. The second-order valence-corrected chi connectivity index (χ2v) is 5.41. The zero-order chi connectivity index (χ0) is 15.8. The molecule has 6 nitrogen and oxygen atoms in total. The summed E-state index contributed by atoms with van der Waals surface area (Å²) >= 11 is 0. The van der Waals surface area contributed by atoms with Gasteiger partial charge in [0.2, 0.25) is 0 Å². The zero-order valence-electron chi connectivity index (χ0n) is 13.7. The summed E-state index contributed by atoms with van der Waals surface area (Å²) < 4.78 is 0. The summed E-state index contributed by atoms with van der Waals surface area (Å²) in [5.41, 5.74) is -1.53. The topological polar surface area (TPSA) is 96.5 Å². The third-order valence-electron chi connectivity index (χ3n) is 2.62. The highest BCUT2D eigenvalue weighted by Gasteiger charge is 2.27. The lowest BCUT2D eigenvalue weighted by atomic mass is 10.0. The van der Waals surface area contributed by atoms with E-state index in [1.54, 1.807) is 39.8 Å². The molecule has 0 rings (SSSR count). The number of nitrogens with one attached hydrogen (secondary N) is 4. The Bertz CT molecular complexity index is 378. The van der Waals surface area contributed by atoms with Crippen molar-refractivity contribution in [2.24, 2.45) is 10.2 Å². The second kappa shape index (κ2) is 11.2. The predicted molar refractivity (Wildman–Crippen MR) is 99.4 cm³/mol. The normalized spacial score (nSPS) is 10.9. The highest BCUT2D eigenvalue weighted by atomic mass is 35.5. The van der Waals surface area contributed by atoms with Crippen LogP contribution in [0.1, 0.15) is 27.7 Å². The van der Waals surface area contributed by atoms with Crippen LogP contribution in [-0.4, -0.2) is 35.8 Å². The van der Waals surface area contributed by atoms with E-state index in [-0.39, 0.29) is 36.5 Å². The van der Waals surface area contributed by atoms with Crippen molar-refractivity contribution in [2.75, 3.05) is 13.1 Å². The molecule has 0 atom stereocenters. The van der Waals surface area contributed by atoms with E-state index in [2.05, 4.69) is 34.0 Å². The van der Waals surface area contributed by atoms with Gasteiger partial charge in [0.15, 0.2) is 0 Å². The van der Waals surface area contributed by atoms with Gasteiger partial charge in [0.25, 0.3) is 0 Å². The van der Waals surface area contributed by atoms with Crippen molar-refractivity contribution in [1.29, 1.82) is 10.8 Å². The lowest BCUT2D eigenvalue weighted by Crippen LogP contribution is -2.43.